The molecule has 3 heterocycles. The lowest BCUT2D eigenvalue weighted by molar-refractivity contribution is -0.113. The van der Waals surface area contributed by atoms with E-state index in [-0.39, 0.29) is 17.7 Å². The third-order valence-corrected chi connectivity index (χ3v) is 8.23. The van der Waals surface area contributed by atoms with Crippen LogP contribution in [0.5, 0.6) is 5.75 Å². The van der Waals surface area contributed by atoms with Gasteiger partial charge in [0.2, 0.25) is 5.91 Å². The van der Waals surface area contributed by atoms with Crippen molar-refractivity contribution in [1.29, 1.82) is 0 Å². The topological polar surface area (TPSA) is 95.1 Å². The molecule has 0 saturated heterocycles. The highest BCUT2D eigenvalue weighted by molar-refractivity contribution is 7.99. The largest absolute Gasteiger partial charge is 0.495 e. The van der Waals surface area contributed by atoms with E-state index in [1.165, 1.54) is 31.0 Å². The summed E-state index contributed by atoms with van der Waals surface area (Å²) in [6.07, 6.45) is 8.23. The fourth-order valence-electron chi connectivity index (χ4n) is 5.38. The van der Waals surface area contributed by atoms with E-state index in [9.17, 15) is 4.79 Å². The second kappa shape index (κ2) is 10.5. The predicted octanol–water partition coefficient (Wildman–Crippen LogP) is 6.73. The van der Waals surface area contributed by atoms with Crippen LogP contribution in [-0.2, 0) is 4.79 Å². The minimum Gasteiger partial charge on any atom is -0.495 e. The molecule has 0 radical (unpaired) electrons. The fourth-order valence-corrected chi connectivity index (χ4v) is 6.17. The van der Waals surface area contributed by atoms with Crippen molar-refractivity contribution in [2.75, 3.05) is 18.2 Å². The van der Waals surface area contributed by atoms with Gasteiger partial charge in [-0.25, -0.2) is 0 Å². The molecule has 1 N–H and O–H groups in total. The zero-order valence-electron chi connectivity index (χ0n) is 21.4. The van der Waals surface area contributed by atoms with Crippen molar-refractivity contribution in [3.05, 3.63) is 60.9 Å². The van der Waals surface area contributed by atoms with Gasteiger partial charge in [-0.05, 0) is 43.0 Å². The van der Waals surface area contributed by atoms with E-state index < -0.39 is 0 Å². The molecule has 9 heteroatoms. The summed E-state index contributed by atoms with van der Waals surface area (Å²) in [6.45, 7) is 2.29. The lowest BCUT2D eigenvalue weighted by atomic mass is 9.85. The summed E-state index contributed by atoms with van der Waals surface area (Å²) in [7, 11) is 1.60. The summed E-state index contributed by atoms with van der Waals surface area (Å²) < 4.78 is 13.8. The Balaban J connectivity index is 1.25. The molecule has 0 unspecified atom stereocenters. The normalized spacial score (nSPS) is 17.6. The third kappa shape index (κ3) is 4.62. The number of nitrogens with one attached hydrogen (secondary N) is 1. The fraction of sp³-hybridized carbons (Fsp3) is 0.310. The molecule has 194 valence electrons. The van der Waals surface area contributed by atoms with Gasteiger partial charge in [-0.1, -0.05) is 49.7 Å². The molecule has 3 aromatic heterocycles. The molecule has 5 aromatic rings. The Morgan fingerprint density at radius 2 is 1.97 bits per heavy atom. The summed E-state index contributed by atoms with van der Waals surface area (Å²) in [6, 6.07) is 15.8. The molecule has 2 atom stereocenters. The monoisotopic (exact) mass is 527 g/mol. The molecule has 0 aliphatic heterocycles. The number of thioether (sulfide) groups is 1. The molecule has 2 aromatic carbocycles. The number of benzene rings is 2. The van der Waals surface area contributed by atoms with Gasteiger partial charge in [-0.3, -0.25) is 14.3 Å². The minimum absolute atomic E-state index is 0.155. The van der Waals surface area contributed by atoms with Crippen molar-refractivity contribution in [2.45, 2.75) is 43.8 Å². The molecule has 6 rings (SSSR count). The highest BCUT2D eigenvalue weighted by Gasteiger charge is 2.29. The van der Waals surface area contributed by atoms with Gasteiger partial charge in [0.1, 0.15) is 16.9 Å². The summed E-state index contributed by atoms with van der Waals surface area (Å²) in [5.41, 5.74) is 2.99. The van der Waals surface area contributed by atoms with Crippen LogP contribution >= 0.6 is 11.8 Å². The van der Waals surface area contributed by atoms with E-state index >= 15 is 0 Å². The molecular formula is C29H29N5O3S. The number of hydrogen-bond donors (Lipinski definition) is 1. The maximum absolute atomic E-state index is 13.1. The number of fused-ring (bicyclic) bond motifs is 3. The maximum atomic E-state index is 13.1. The number of amides is 1. The van der Waals surface area contributed by atoms with Gasteiger partial charge < -0.3 is 14.5 Å². The predicted molar refractivity (Wildman–Crippen MR) is 150 cm³/mol. The number of anilines is 1. The first-order valence-corrected chi connectivity index (χ1v) is 13.9. The zero-order chi connectivity index (χ0) is 26.1. The number of methoxy groups -OCH3 is 1. The molecule has 38 heavy (non-hydrogen) atoms. The minimum atomic E-state index is -0.155. The smallest absolute Gasteiger partial charge is 0.234 e. The Kier molecular flexibility index (Phi) is 6.76. The van der Waals surface area contributed by atoms with Crippen LogP contribution in [0.4, 0.5) is 5.69 Å². The number of carbonyl (C=O) groups is 1. The second-order valence-electron chi connectivity index (χ2n) is 9.73. The molecule has 1 aliphatic rings. The Hall–Kier alpha value is -3.85. The number of para-hydroxylation sites is 1. The quantitative estimate of drug-likeness (QED) is 0.234. The van der Waals surface area contributed by atoms with Crippen LogP contribution in [0.3, 0.4) is 0 Å². The average molecular weight is 528 g/mol. The number of nitrogens with zero attached hydrogens (tertiary/aromatic N) is 4. The van der Waals surface area contributed by atoms with Gasteiger partial charge in [0, 0.05) is 40.8 Å². The molecule has 0 spiro atoms. The van der Waals surface area contributed by atoms with Gasteiger partial charge in [0.15, 0.2) is 11.0 Å². The van der Waals surface area contributed by atoms with Crippen LogP contribution in [0.25, 0.3) is 33.3 Å². The second-order valence-corrected chi connectivity index (χ2v) is 10.7. The lowest BCUT2D eigenvalue weighted by Crippen LogP contribution is -2.23. The SMILES string of the molecule is COc1cc2c(cc1NC(=O)CSc1nnc(-c3cccnc3)n1[C@H]1CCCC[C@H]1C)oc1ccccc12. The van der Waals surface area contributed by atoms with E-state index in [1.807, 2.05) is 54.7 Å². The Labute approximate surface area is 224 Å². The number of pyridine rings is 1. The van der Waals surface area contributed by atoms with Gasteiger partial charge >= 0.3 is 0 Å². The van der Waals surface area contributed by atoms with E-state index in [0.717, 1.165) is 39.3 Å². The molecule has 1 amide bonds. The number of carbonyl (C=O) groups excluding carboxylic acids is 1. The standard InChI is InChI=1S/C29H29N5O3S/c1-18-8-3-5-11-23(18)34-28(19-9-7-13-30-16-19)32-33-29(34)38-17-27(35)31-22-15-25-21(14-26(22)36-2)20-10-4-6-12-24(20)37-25/h4,6-7,9-10,12-16,18,23H,3,5,8,11,17H2,1-2H3,(H,31,35)/t18-,23+/m1/s1. The highest BCUT2D eigenvalue weighted by Crippen LogP contribution is 2.39. The maximum Gasteiger partial charge on any atom is 0.234 e. The third-order valence-electron chi connectivity index (χ3n) is 7.29. The van der Waals surface area contributed by atoms with Gasteiger partial charge in [0.05, 0.1) is 18.6 Å². The molecule has 8 nitrogen and oxygen atoms in total. The molecule has 1 fully saturated rings. The van der Waals surface area contributed by atoms with E-state index in [1.54, 1.807) is 13.3 Å². The average Bonchev–Trinajstić information content (AvgIpc) is 3.53. The van der Waals surface area contributed by atoms with Gasteiger partial charge in [0.25, 0.3) is 0 Å². The Morgan fingerprint density at radius 3 is 2.79 bits per heavy atom. The van der Waals surface area contributed by atoms with Crippen molar-refractivity contribution in [2.24, 2.45) is 5.92 Å². The van der Waals surface area contributed by atoms with Crippen molar-refractivity contribution in [1.82, 2.24) is 19.7 Å². The van der Waals surface area contributed by atoms with Crippen LogP contribution in [0.15, 0.2) is 70.5 Å². The van der Waals surface area contributed by atoms with Crippen LogP contribution in [0.2, 0.25) is 0 Å². The van der Waals surface area contributed by atoms with Gasteiger partial charge in [-0.2, -0.15) is 0 Å². The Bertz CT molecular complexity index is 1600. The summed E-state index contributed by atoms with van der Waals surface area (Å²) >= 11 is 1.40. The molecular weight excluding hydrogens is 498 g/mol. The van der Waals surface area contributed by atoms with Crippen LogP contribution in [-0.4, -0.2) is 38.5 Å². The van der Waals surface area contributed by atoms with Crippen LogP contribution < -0.4 is 10.1 Å². The van der Waals surface area contributed by atoms with Crippen molar-refractivity contribution < 1.29 is 13.9 Å². The molecule has 1 saturated carbocycles. The first-order valence-electron chi connectivity index (χ1n) is 12.9. The van der Waals surface area contributed by atoms with E-state index in [0.29, 0.717) is 22.9 Å². The summed E-state index contributed by atoms with van der Waals surface area (Å²) in [4.78, 5) is 17.4. The van der Waals surface area contributed by atoms with Crippen LogP contribution in [0, 0.1) is 5.92 Å². The number of furan rings is 1. The zero-order valence-corrected chi connectivity index (χ0v) is 22.2. The number of ether oxygens (including phenoxy) is 1. The molecule has 0 bridgehead atoms. The highest BCUT2D eigenvalue weighted by atomic mass is 32.2. The molecule has 1 aliphatic carbocycles. The summed E-state index contributed by atoms with van der Waals surface area (Å²) in [5.74, 6) is 1.92. The summed E-state index contributed by atoms with van der Waals surface area (Å²) in [5, 5.41) is 14.7. The number of aromatic nitrogens is 4. The van der Waals surface area contributed by atoms with Crippen LogP contribution in [0.1, 0.15) is 38.6 Å². The number of rotatable bonds is 7. The van der Waals surface area contributed by atoms with E-state index in [2.05, 4.69) is 32.0 Å². The van der Waals surface area contributed by atoms with Crippen molar-refractivity contribution in [3.63, 3.8) is 0 Å². The Morgan fingerprint density at radius 1 is 1.11 bits per heavy atom. The van der Waals surface area contributed by atoms with E-state index in [4.69, 9.17) is 9.15 Å². The van der Waals surface area contributed by atoms with Crippen molar-refractivity contribution >= 4 is 45.3 Å². The lowest BCUT2D eigenvalue weighted by Gasteiger charge is -2.31. The number of hydrogen-bond acceptors (Lipinski definition) is 7. The first kappa shape index (κ1) is 24.5. The van der Waals surface area contributed by atoms with Gasteiger partial charge in [-0.15, -0.1) is 10.2 Å². The van der Waals surface area contributed by atoms with Crippen molar-refractivity contribution in [3.8, 4) is 17.1 Å². The first-order chi connectivity index (χ1) is 18.6.